The van der Waals surface area contributed by atoms with E-state index in [2.05, 4.69) is 5.32 Å². The van der Waals surface area contributed by atoms with Crippen LogP contribution < -0.4 is 5.32 Å². The second-order valence-corrected chi connectivity index (χ2v) is 4.54. The monoisotopic (exact) mass is 285 g/mol. The Hall–Kier alpha value is -1.10. The lowest BCUT2D eigenvalue weighted by Gasteiger charge is -2.06. The zero-order chi connectivity index (χ0) is 13.9. The molecule has 0 aliphatic rings. The first-order valence-corrected chi connectivity index (χ1v) is 6.80. The third-order valence-corrected chi connectivity index (χ3v) is 2.97. The highest BCUT2D eigenvalue weighted by molar-refractivity contribution is 6.31. The van der Waals surface area contributed by atoms with E-state index in [1.54, 1.807) is 0 Å². The van der Waals surface area contributed by atoms with Gasteiger partial charge in [-0.25, -0.2) is 0 Å². The van der Waals surface area contributed by atoms with Crippen LogP contribution in [-0.2, 0) is 16.0 Å². The fraction of sp³-hybridized carbons (Fsp3) is 0.500. The van der Waals surface area contributed by atoms with Gasteiger partial charge in [-0.15, -0.1) is 0 Å². The normalized spacial score (nSPS) is 10.4. The van der Waals surface area contributed by atoms with Crippen LogP contribution in [0.25, 0.3) is 0 Å². The number of hydrogen-bond acceptors (Lipinski definition) is 3. The number of benzene rings is 1. The molecule has 0 spiro atoms. The second kappa shape index (κ2) is 9.78. The Morgan fingerprint density at radius 1 is 1.32 bits per heavy atom. The summed E-state index contributed by atoms with van der Waals surface area (Å²) in [5.41, 5.74) is 0.991. The average molecular weight is 286 g/mol. The number of halogens is 1. The topological polar surface area (TPSA) is 58.6 Å². The molecule has 0 heterocycles. The quantitative estimate of drug-likeness (QED) is 0.680. The van der Waals surface area contributed by atoms with Gasteiger partial charge in [-0.3, -0.25) is 4.79 Å². The predicted molar refractivity (Wildman–Crippen MR) is 75.3 cm³/mol. The van der Waals surface area contributed by atoms with E-state index in [0.29, 0.717) is 37.6 Å². The molecule has 106 valence electrons. The lowest BCUT2D eigenvalue weighted by Crippen LogP contribution is -2.25. The Morgan fingerprint density at radius 2 is 2.11 bits per heavy atom. The number of rotatable bonds is 9. The van der Waals surface area contributed by atoms with E-state index in [1.165, 1.54) is 0 Å². The number of carbonyl (C=O) groups is 1. The van der Waals surface area contributed by atoms with E-state index < -0.39 is 0 Å². The SMILES string of the molecule is O=C(CCc1ccccc1Cl)NCCCOCCO. The van der Waals surface area contributed by atoms with Crippen molar-refractivity contribution in [3.8, 4) is 0 Å². The number of aryl methyl sites for hydroxylation is 1. The highest BCUT2D eigenvalue weighted by atomic mass is 35.5. The number of nitrogens with one attached hydrogen (secondary N) is 1. The number of amides is 1. The molecule has 19 heavy (non-hydrogen) atoms. The summed E-state index contributed by atoms with van der Waals surface area (Å²) in [6.45, 7) is 1.52. The zero-order valence-corrected chi connectivity index (χ0v) is 11.7. The minimum Gasteiger partial charge on any atom is -0.394 e. The Kier molecular flexibility index (Phi) is 8.21. The van der Waals surface area contributed by atoms with Gasteiger partial charge in [0.2, 0.25) is 5.91 Å². The van der Waals surface area contributed by atoms with Crippen molar-refractivity contribution >= 4 is 17.5 Å². The first-order chi connectivity index (χ1) is 9.24. The first-order valence-electron chi connectivity index (χ1n) is 6.42. The maximum Gasteiger partial charge on any atom is 0.220 e. The minimum atomic E-state index is 0.0158. The molecule has 0 aliphatic carbocycles. The number of hydrogen-bond donors (Lipinski definition) is 2. The van der Waals surface area contributed by atoms with Gasteiger partial charge >= 0.3 is 0 Å². The van der Waals surface area contributed by atoms with Crippen molar-refractivity contribution in [1.82, 2.24) is 5.32 Å². The number of aliphatic hydroxyl groups is 1. The van der Waals surface area contributed by atoms with Gasteiger partial charge in [0, 0.05) is 24.6 Å². The van der Waals surface area contributed by atoms with Gasteiger partial charge in [0.25, 0.3) is 0 Å². The summed E-state index contributed by atoms with van der Waals surface area (Å²) in [4.78, 5) is 11.6. The van der Waals surface area contributed by atoms with Crippen LogP contribution in [0.1, 0.15) is 18.4 Å². The third kappa shape index (κ3) is 7.15. The number of carbonyl (C=O) groups excluding carboxylic acids is 1. The maximum atomic E-state index is 11.6. The Bertz CT molecular complexity index is 385. The highest BCUT2D eigenvalue weighted by Crippen LogP contribution is 2.16. The van der Waals surface area contributed by atoms with Gasteiger partial charge in [0.1, 0.15) is 0 Å². The Morgan fingerprint density at radius 3 is 2.84 bits per heavy atom. The van der Waals surface area contributed by atoms with Crippen molar-refractivity contribution in [3.63, 3.8) is 0 Å². The summed E-state index contributed by atoms with van der Waals surface area (Å²) in [6.07, 6.45) is 1.82. The van der Waals surface area contributed by atoms with Crippen molar-refractivity contribution in [1.29, 1.82) is 0 Å². The van der Waals surface area contributed by atoms with Gasteiger partial charge in [-0.2, -0.15) is 0 Å². The number of ether oxygens (including phenoxy) is 1. The van der Waals surface area contributed by atoms with Crippen LogP contribution in [0.15, 0.2) is 24.3 Å². The lowest BCUT2D eigenvalue weighted by molar-refractivity contribution is -0.121. The van der Waals surface area contributed by atoms with Crippen molar-refractivity contribution < 1.29 is 14.6 Å². The van der Waals surface area contributed by atoms with Crippen molar-refractivity contribution in [3.05, 3.63) is 34.9 Å². The fourth-order valence-corrected chi connectivity index (χ4v) is 1.84. The molecule has 0 fully saturated rings. The number of aliphatic hydroxyl groups excluding tert-OH is 1. The predicted octanol–water partition coefficient (Wildman–Crippen LogP) is 1.79. The molecule has 1 aromatic rings. The maximum absolute atomic E-state index is 11.6. The molecule has 0 saturated carbocycles. The molecule has 1 rings (SSSR count). The fourth-order valence-electron chi connectivity index (χ4n) is 1.61. The molecule has 0 atom stereocenters. The molecule has 1 amide bonds. The van der Waals surface area contributed by atoms with Crippen LogP contribution in [0.2, 0.25) is 5.02 Å². The molecular formula is C14H20ClNO3. The van der Waals surface area contributed by atoms with E-state index in [9.17, 15) is 4.79 Å². The molecule has 1 aromatic carbocycles. The molecular weight excluding hydrogens is 266 g/mol. The Labute approximate surface area is 118 Å². The molecule has 0 saturated heterocycles. The first kappa shape index (κ1) is 16.0. The summed E-state index contributed by atoms with van der Waals surface area (Å²) >= 11 is 6.01. The summed E-state index contributed by atoms with van der Waals surface area (Å²) in [6, 6.07) is 7.54. The summed E-state index contributed by atoms with van der Waals surface area (Å²) in [5, 5.41) is 12.0. The Balaban J connectivity index is 2.10. The molecule has 0 bridgehead atoms. The van der Waals surface area contributed by atoms with Gasteiger partial charge < -0.3 is 15.2 Å². The van der Waals surface area contributed by atoms with Crippen molar-refractivity contribution in [2.75, 3.05) is 26.4 Å². The van der Waals surface area contributed by atoms with Gasteiger partial charge in [-0.1, -0.05) is 29.8 Å². The lowest BCUT2D eigenvalue weighted by atomic mass is 10.1. The van der Waals surface area contributed by atoms with Gasteiger partial charge in [0.15, 0.2) is 0 Å². The van der Waals surface area contributed by atoms with Gasteiger partial charge in [0.05, 0.1) is 13.2 Å². The van der Waals surface area contributed by atoms with Crippen LogP contribution in [0.5, 0.6) is 0 Å². The zero-order valence-electron chi connectivity index (χ0n) is 10.9. The average Bonchev–Trinajstić information content (AvgIpc) is 2.42. The van der Waals surface area contributed by atoms with E-state index in [0.717, 1.165) is 12.0 Å². The van der Waals surface area contributed by atoms with Crippen molar-refractivity contribution in [2.45, 2.75) is 19.3 Å². The van der Waals surface area contributed by atoms with Crippen LogP contribution in [-0.4, -0.2) is 37.4 Å². The summed E-state index contributed by atoms with van der Waals surface area (Å²) < 4.78 is 5.09. The van der Waals surface area contributed by atoms with E-state index in [-0.39, 0.29) is 12.5 Å². The van der Waals surface area contributed by atoms with E-state index in [4.69, 9.17) is 21.4 Å². The molecule has 4 nitrogen and oxygen atoms in total. The molecule has 0 aliphatic heterocycles. The van der Waals surface area contributed by atoms with Gasteiger partial charge in [-0.05, 0) is 24.5 Å². The van der Waals surface area contributed by atoms with Crippen LogP contribution in [0.3, 0.4) is 0 Å². The van der Waals surface area contributed by atoms with Crippen molar-refractivity contribution in [2.24, 2.45) is 0 Å². The third-order valence-electron chi connectivity index (χ3n) is 2.60. The second-order valence-electron chi connectivity index (χ2n) is 4.13. The smallest absolute Gasteiger partial charge is 0.220 e. The molecule has 2 N–H and O–H groups in total. The highest BCUT2D eigenvalue weighted by Gasteiger charge is 2.04. The summed E-state index contributed by atoms with van der Waals surface area (Å²) in [5.74, 6) is 0.0158. The van der Waals surface area contributed by atoms with Crippen LogP contribution in [0, 0.1) is 0 Å². The summed E-state index contributed by atoms with van der Waals surface area (Å²) in [7, 11) is 0. The largest absolute Gasteiger partial charge is 0.394 e. The molecule has 0 aromatic heterocycles. The minimum absolute atomic E-state index is 0.0158. The molecule has 0 radical (unpaired) electrons. The van der Waals surface area contributed by atoms with E-state index in [1.807, 2.05) is 24.3 Å². The van der Waals surface area contributed by atoms with E-state index >= 15 is 0 Å². The van der Waals surface area contributed by atoms with Crippen LogP contribution in [0.4, 0.5) is 0 Å². The molecule has 5 heteroatoms. The van der Waals surface area contributed by atoms with Crippen LogP contribution >= 0.6 is 11.6 Å². The standard InChI is InChI=1S/C14H20ClNO3/c15-13-5-2-1-4-12(13)6-7-14(18)16-8-3-10-19-11-9-17/h1-2,4-5,17H,3,6-11H2,(H,16,18). The molecule has 0 unspecified atom stereocenters.